The normalized spacial score (nSPS) is 10.6. The van der Waals surface area contributed by atoms with Crippen molar-refractivity contribution in [1.82, 2.24) is 5.32 Å². The van der Waals surface area contributed by atoms with Gasteiger partial charge in [0.25, 0.3) is 0 Å². The van der Waals surface area contributed by atoms with Gasteiger partial charge in [0.2, 0.25) is 5.91 Å². The van der Waals surface area contributed by atoms with E-state index in [0.29, 0.717) is 18.0 Å². The topological polar surface area (TPSA) is 52.9 Å². The van der Waals surface area contributed by atoms with Crippen LogP contribution < -0.4 is 5.32 Å². The molecule has 0 aromatic heterocycles. The van der Waals surface area contributed by atoms with Crippen molar-refractivity contribution < 1.29 is 4.79 Å². The first-order valence-electron chi connectivity index (χ1n) is 6.08. The maximum absolute atomic E-state index is 11.5. The van der Waals surface area contributed by atoms with E-state index in [0.717, 1.165) is 12.0 Å². The van der Waals surface area contributed by atoms with Crippen molar-refractivity contribution >= 4 is 12.0 Å². The van der Waals surface area contributed by atoms with E-state index in [2.05, 4.69) is 25.2 Å². The molecule has 1 aromatic rings. The van der Waals surface area contributed by atoms with Crippen molar-refractivity contribution in [2.24, 2.45) is 5.92 Å². The third-order valence-electron chi connectivity index (χ3n) is 2.49. The number of amides is 1. The number of nitrogens with zero attached hydrogens (tertiary/aromatic N) is 1. The van der Waals surface area contributed by atoms with Gasteiger partial charge in [0.05, 0.1) is 11.6 Å². The zero-order valence-corrected chi connectivity index (χ0v) is 10.8. The van der Waals surface area contributed by atoms with E-state index in [1.165, 1.54) is 6.08 Å². The minimum absolute atomic E-state index is 0.0833. The molecule has 0 atom stereocenters. The number of carbonyl (C=O) groups excluding carboxylic acids is 1. The van der Waals surface area contributed by atoms with Crippen LogP contribution in [0.15, 0.2) is 30.3 Å². The number of hydrogen-bond donors (Lipinski definition) is 1. The second-order valence-corrected chi connectivity index (χ2v) is 4.54. The predicted octanol–water partition coefficient (Wildman–Crippen LogP) is 2.73. The minimum Gasteiger partial charge on any atom is -0.353 e. The Morgan fingerprint density at radius 2 is 2.06 bits per heavy atom. The Labute approximate surface area is 108 Å². The lowest BCUT2D eigenvalue weighted by atomic mass is 10.1. The lowest BCUT2D eigenvalue weighted by molar-refractivity contribution is -0.116. The minimum atomic E-state index is -0.0833. The van der Waals surface area contributed by atoms with Gasteiger partial charge in [0, 0.05) is 12.6 Å². The standard InChI is InChI=1S/C15H18N2O/c1-12(2)9-10-17-15(18)8-7-13-3-5-14(11-16)6-4-13/h3-8,12H,9-10H2,1-2H3,(H,17,18)/b8-7+. The quantitative estimate of drug-likeness (QED) is 0.807. The van der Waals surface area contributed by atoms with Gasteiger partial charge in [-0.1, -0.05) is 26.0 Å². The summed E-state index contributed by atoms with van der Waals surface area (Å²) in [6, 6.07) is 9.15. The number of nitrogens with one attached hydrogen (secondary N) is 1. The third-order valence-corrected chi connectivity index (χ3v) is 2.49. The van der Waals surface area contributed by atoms with Crippen LogP contribution in [0.5, 0.6) is 0 Å². The molecule has 0 saturated carbocycles. The Hall–Kier alpha value is -2.08. The van der Waals surface area contributed by atoms with E-state index in [4.69, 9.17) is 5.26 Å². The van der Waals surface area contributed by atoms with E-state index >= 15 is 0 Å². The molecule has 3 heteroatoms. The largest absolute Gasteiger partial charge is 0.353 e. The first kappa shape index (κ1) is 14.0. The molecule has 1 N–H and O–H groups in total. The van der Waals surface area contributed by atoms with Crippen molar-refractivity contribution in [2.75, 3.05) is 6.54 Å². The second-order valence-electron chi connectivity index (χ2n) is 4.54. The van der Waals surface area contributed by atoms with Gasteiger partial charge in [-0.3, -0.25) is 4.79 Å². The lowest BCUT2D eigenvalue weighted by Gasteiger charge is -2.04. The fraction of sp³-hybridized carbons (Fsp3) is 0.333. The van der Waals surface area contributed by atoms with Crippen LogP contribution in [0.2, 0.25) is 0 Å². The van der Waals surface area contributed by atoms with Crippen molar-refractivity contribution in [1.29, 1.82) is 5.26 Å². The summed E-state index contributed by atoms with van der Waals surface area (Å²) in [6.07, 6.45) is 4.24. The van der Waals surface area contributed by atoms with Crippen molar-refractivity contribution in [3.63, 3.8) is 0 Å². The zero-order chi connectivity index (χ0) is 13.4. The molecule has 0 bridgehead atoms. The summed E-state index contributed by atoms with van der Waals surface area (Å²) in [4.78, 5) is 11.5. The van der Waals surface area contributed by atoms with E-state index in [9.17, 15) is 4.79 Å². The lowest BCUT2D eigenvalue weighted by Crippen LogP contribution is -2.23. The van der Waals surface area contributed by atoms with Crippen LogP contribution in [-0.4, -0.2) is 12.5 Å². The first-order valence-corrected chi connectivity index (χ1v) is 6.08. The van der Waals surface area contributed by atoms with Gasteiger partial charge in [-0.15, -0.1) is 0 Å². The smallest absolute Gasteiger partial charge is 0.243 e. The van der Waals surface area contributed by atoms with Crippen LogP contribution in [0, 0.1) is 17.2 Å². The molecule has 1 amide bonds. The highest BCUT2D eigenvalue weighted by atomic mass is 16.1. The van der Waals surface area contributed by atoms with Crippen LogP contribution in [0.25, 0.3) is 6.08 Å². The Kier molecular flexibility index (Phi) is 5.66. The Morgan fingerprint density at radius 3 is 2.61 bits per heavy atom. The number of benzene rings is 1. The number of rotatable bonds is 5. The zero-order valence-electron chi connectivity index (χ0n) is 10.8. The van der Waals surface area contributed by atoms with E-state index in [1.54, 1.807) is 18.2 Å². The van der Waals surface area contributed by atoms with Crippen molar-refractivity contribution in [3.8, 4) is 6.07 Å². The van der Waals surface area contributed by atoms with Crippen LogP contribution in [0.1, 0.15) is 31.4 Å². The van der Waals surface area contributed by atoms with E-state index in [-0.39, 0.29) is 5.91 Å². The monoisotopic (exact) mass is 242 g/mol. The Morgan fingerprint density at radius 1 is 1.39 bits per heavy atom. The summed E-state index contributed by atoms with van der Waals surface area (Å²) in [5.74, 6) is 0.507. The summed E-state index contributed by atoms with van der Waals surface area (Å²) in [6.45, 7) is 4.95. The van der Waals surface area contributed by atoms with E-state index < -0.39 is 0 Å². The molecular formula is C15H18N2O. The SMILES string of the molecule is CC(C)CCNC(=O)/C=C/c1ccc(C#N)cc1. The van der Waals surface area contributed by atoms with Gasteiger partial charge in [0.15, 0.2) is 0 Å². The average molecular weight is 242 g/mol. The summed E-state index contributed by atoms with van der Waals surface area (Å²) in [5.41, 5.74) is 1.53. The Balaban J connectivity index is 2.43. The molecule has 0 spiro atoms. The molecule has 0 heterocycles. The van der Waals surface area contributed by atoms with Crippen LogP contribution in [0.4, 0.5) is 0 Å². The predicted molar refractivity (Wildman–Crippen MR) is 72.7 cm³/mol. The highest BCUT2D eigenvalue weighted by molar-refractivity contribution is 5.91. The molecular weight excluding hydrogens is 224 g/mol. The van der Waals surface area contributed by atoms with Gasteiger partial charge < -0.3 is 5.32 Å². The molecule has 0 saturated heterocycles. The van der Waals surface area contributed by atoms with Crippen molar-refractivity contribution in [2.45, 2.75) is 20.3 Å². The average Bonchev–Trinajstić information content (AvgIpc) is 2.36. The summed E-state index contributed by atoms with van der Waals surface area (Å²) in [5, 5.41) is 11.5. The molecule has 18 heavy (non-hydrogen) atoms. The van der Waals surface area contributed by atoms with Crippen LogP contribution in [0.3, 0.4) is 0 Å². The van der Waals surface area contributed by atoms with Gasteiger partial charge in [-0.2, -0.15) is 5.26 Å². The van der Waals surface area contributed by atoms with Crippen LogP contribution in [-0.2, 0) is 4.79 Å². The molecule has 0 aliphatic rings. The molecule has 1 rings (SSSR count). The third kappa shape index (κ3) is 5.31. The van der Waals surface area contributed by atoms with Crippen LogP contribution >= 0.6 is 0 Å². The van der Waals surface area contributed by atoms with E-state index in [1.807, 2.05) is 12.1 Å². The molecule has 0 unspecified atom stereocenters. The molecule has 0 radical (unpaired) electrons. The number of nitriles is 1. The summed E-state index contributed by atoms with van der Waals surface area (Å²) in [7, 11) is 0. The fourth-order valence-corrected chi connectivity index (χ4v) is 1.38. The maximum atomic E-state index is 11.5. The fourth-order valence-electron chi connectivity index (χ4n) is 1.38. The first-order chi connectivity index (χ1) is 8.61. The van der Waals surface area contributed by atoms with Crippen molar-refractivity contribution in [3.05, 3.63) is 41.5 Å². The summed E-state index contributed by atoms with van der Waals surface area (Å²) < 4.78 is 0. The van der Waals surface area contributed by atoms with Gasteiger partial charge >= 0.3 is 0 Å². The molecule has 1 aromatic carbocycles. The second kappa shape index (κ2) is 7.29. The molecule has 0 aliphatic carbocycles. The van der Waals surface area contributed by atoms with Gasteiger partial charge in [-0.25, -0.2) is 0 Å². The highest BCUT2D eigenvalue weighted by Gasteiger charge is 1.97. The van der Waals surface area contributed by atoms with Gasteiger partial charge in [0.1, 0.15) is 0 Å². The Bertz CT molecular complexity index is 452. The molecule has 0 aliphatic heterocycles. The number of hydrogen-bond acceptors (Lipinski definition) is 2. The molecule has 94 valence electrons. The highest BCUT2D eigenvalue weighted by Crippen LogP contribution is 2.05. The number of carbonyl (C=O) groups is 1. The summed E-state index contributed by atoms with van der Waals surface area (Å²) >= 11 is 0. The van der Waals surface area contributed by atoms with Gasteiger partial charge in [-0.05, 0) is 36.1 Å². The maximum Gasteiger partial charge on any atom is 0.243 e. The molecule has 3 nitrogen and oxygen atoms in total. The molecule has 0 fully saturated rings.